The molecule has 0 radical (unpaired) electrons. The molecule has 2 rings (SSSR count). The van der Waals surface area contributed by atoms with Crippen molar-refractivity contribution in [3.05, 3.63) is 54.1 Å². The number of hydrogen-bond acceptors (Lipinski definition) is 7. The number of carboxylic acid groups (broad SMARTS) is 1. The van der Waals surface area contributed by atoms with E-state index in [9.17, 15) is 24.3 Å². The van der Waals surface area contributed by atoms with Gasteiger partial charge in [-0.2, -0.15) is 0 Å². The van der Waals surface area contributed by atoms with Crippen LogP contribution in [-0.4, -0.2) is 74.6 Å². The van der Waals surface area contributed by atoms with Crippen LogP contribution in [-0.2, 0) is 32.0 Å². The van der Waals surface area contributed by atoms with Crippen molar-refractivity contribution in [2.75, 3.05) is 6.61 Å². The van der Waals surface area contributed by atoms with Gasteiger partial charge >= 0.3 is 5.97 Å². The number of H-pyrrole nitrogens is 1. The molecule has 0 aliphatic heterocycles. The van der Waals surface area contributed by atoms with Gasteiger partial charge in [-0.25, -0.2) is 4.98 Å². The zero-order chi connectivity index (χ0) is 24.4. The Labute approximate surface area is 190 Å². The first kappa shape index (κ1) is 25.5. The Morgan fingerprint density at radius 1 is 1.00 bits per heavy atom. The quantitative estimate of drug-likeness (QED) is 0.190. The average Bonchev–Trinajstić information content (AvgIpc) is 3.30. The fourth-order valence-corrected chi connectivity index (χ4v) is 2.91. The molecule has 0 spiro atoms. The van der Waals surface area contributed by atoms with Gasteiger partial charge in [0.1, 0.15) is 18.1 Å². The molecule has 0 saturated heterocycles. The van der Waals surface area contributed by atoms with Crippen molar-refractivity contribution in [3.8, 4) is 0 Å². The van der Waals surface area contributed by atoms with E-state index in [1.54, 1.807) is 30.3 Å². The van der Waals surface area contributed by atoms with E-state index in [0.29, 0.717) is 11.3 Å². The van der Waals surface area contributed by atoms with Crippen LogP contribution in [0.4, 0.5) is 0 Å². The number of carbonyl (C=O) groups is 4. The third kappa shape index (κ3) is 8.01. The van der Waals surface area contributed by atoms with Crippen molar-refractivity contribution < 1.29 is 29.4 Å². The minimum absolute atomic E-state index is 0.0657. The first-order valence-corrected chi connectivity index (χ1v) is 10.2. The number of aliphatic hydroxyl groups is 1. The van der Waals surface area contributed by atoms with Crippen LogP contribution in [0, 0.1) is 0 Å². The minimum Gasteiger partial charge on any atom is -0.480 e. The van der Waals surface area contributed by atoms with Gasteiger partial charge in [-0.3, -0.25) is 19.2 Å². The van der Waals surface area contributed by atoms with Gasteiger partial charge in [0.15, 0.2) is 0 Å². The third-order valence-corrected chi connectivity index (χ3v) is 4.79. The highest BCUT2D eigenvalue weighted by atomic mass is 16.4. The van der Waals surface area contributed by atoms with Crippen molar-refractivity contribution in [1.29, 1.82) is 0 Å². The summed E-state index contributed by atoms with van der Waals surface area (Å²) >= 11 is 0. The van der Waals surface area contributed by atoms with Crippen molar-refractivity contribution in [1.82, 2.24) is 25.9 Å². The SMILES string of the molecule is CC(NC(=O)C(Cc1ccccc1)NC(=O)C(CO)NC(=O)C(N)Cc1cnc[nH]1)C(=O)O. The van der Waals surface area contributed by atoms with Gasteiger partial charge < -0.3 is 36.9 Å². The summed E-state index contributed by atoms with van der Waals surface area (Å²) in [5.74, 6) is -3.46. The third-order valence-electron chi connectivity index (χ3n) is 4.79. The summed E-state index contributed by atoms with van der Waals surface area (Å²) in [5, 5.41) is 25.8. The predicted octanol–water partition coefficient (Wildman–Crippen LogP) is -1.93. The van der Waals surface area contributed by atoms with E-state index in [-0.39, 0.29) is 12.8 Å². The van der Waals surface area contributed by atoms with E-state index in [0.717, 1.165) is 0 Å². The van der Waals surface area contributed by atoms with Crippen LogP contribution in [0.2, 0.25) is 0 Å². The van der Waals surface area contributed by atoms with Gasteiger partial charge in [0, 0.05) is 24.7 Å². The second-order valence-electron chi connectivity index (χ2n) is 7.45. The Hall–Kier alpha value is -3.77. The number of aliphatic carboxylic acids is 1. The molecule has 8 N–H and O–H groups in total. The first-order chi connectivity index (χ1) is 15.7. The average molecular weight is 460 g/mol. The smallest absolute Gasteiger partial charge is 0.325 e. The van der Waals surface area contributed by atoms with Crippen LogP contribution < -0.4 is 21.7 Å². The Kier molecular flexibility index (Phi) is 9.51. The van der Waals surface area contributed by atoms with Gasteiger partial charge in [-0.15, -0.1) is 0 Å². The van der Waals surface area contributed by atoms with E-state index in [4.69, 9.17) is 10.8 Å². The Bertz CT molecular complexity index is 936. The summed E-state index contributed by atoms with van der Waals surface area (Å²) in [5.41, 5.74) is 7.19. The molecule has 0 aliphatic carbocycles. The maximum atomic E-state index is 12.7. The number of hydrogen-bond donors (Lipinski definition) is 7. The number of carbonyl (C=O) groups excluding carboxylic acids is 3. The summed E-state index contributed by atoms with van der Waals surface area (Å²) < 4.78 is 0. The highest BCUT2D eigenvalue weighted by molar-refractivity contribution is 5.94. The number of nitrogens with one attached hydrogen (secondary N) is 4. The van der Waals surface area contributed by atoms with Gasteiger partial charge in [-0.1, -0.05) is 30.3 Å². The van der Waals surface area contributed by atoms with E-state index < -0.39 is 54.5 Å². The first-order valence-electron chi connectivity index (χ1n) is 10.2. The molecule has 0 bridgehead atoms. The molecule has 0 saturated carbocycles. The van der Waals surface area contributed by atoms with Crippen molar-refractivity contribution in [2.45, 2.75) is 43.9 Å². The molecule has 3 amide bonds. The Morgan fingerprint density at radius 3 is 2.21 bits per heavy atom. The number of nitrogens with zero attached hydrogens (tertiary/aromatic N) is 1. The summed E-state index contributed by atoms with van der Waals surface area (Å²) in [7, 11) is 0. The monoisotopic (exact) mass is 460 g/mol. The Balaban J connectivity index is 2.06. The lowest BCUT2D eigenvalue weighted by molar-refractivity contribution is -0.141. The lowest BCUT2D eigenvalue weighted by Crippen LogP contribution is -2.58. The maximum absolute atomic E-state index is 12.7. The topological polar surface area (TPSA) is 200 Å². The van der Waals surface area contributed by atoms with E-state index in [2.05, 4.69) is 25.9 Å². The standard InChI is InChI=1S/C21H28N6O6/c1-12(21(32)33)25-19(30)16(7-13-5-3-2-4-6-13)26-20(31)17(10-28)27-18(29)15(22)8-14-9-23-11-24-14/h2-6,9,11-12,15-17,28H,7-8,10,22H2,1H3,(H,23,24)(H,25,30)(H,26,31)(H,27,29)(H,32,33). The second kappa shape index (κ2) is 12.3. The van der Waals surface area contributed by atoms with E-state index >= 15 is 0 Å². The van der Waals surface area contributed by atoms with Crippen LogP contribution in [0.15, 0.2) is 42.9 Å². The molecule has 4 atom stereocenters. The highest BCUT2D eigenvalue weighted by Gasteiger charge is 2.29. The summed E-state index contributed by atoms with van der Waals surface area (Å²) in [6.07, 6.45) is 3.15. The molecule has 1 aromatic heterocycles. The molecule has 1 aromatic carbocycles. The minimum atomic E-state index is -1.37. The van der Waals surface area contributed by atoms with Gasteiger partial charge in [0.2, 0.25) is 17.7 Å². The number of carboxylic acids is 1. The normalized spacial score (nSPS) is 14.4. The van der Waals surface area contributed by atoms with Crippen LogP contribution in [0.1, 0.15) is 18.2 Å². The lowest BCUT2D eigenvalue weighted by atomic mass is 10.0. The summed E-state index contributed by atoms with van der Waals surface area (Å²) in [6.45, 7) is 0.555. The molecule has 33 heavy (non-hydrogen) atoms. The van der Waals surface area contributed by atoms with E-state index in [1.165, 1.54) is 19.4 Å². The van der Waals surface area contributed by atoms with Crippen molar-refractivity contribution in [2.24, 2.45) is 5.73 Å². The van der Waals surface area contributed by atoms with E-state index in [1.807, 2.05) is 0 Å². The highest BCUT2D eigenvalue weighted by Crippen LogP contribution is 2.05. The molecule has 12 heteroatoms. The molecular weight excluding hydrogens is 432 g/mol. The maximum Gasteiger partial charge on any atom is 0.325 e. The lowest BCUT2D eigenvalue weighted by Gasteiger charge is -2.24. The zero-order valence-corrected chi connectivity index (χ0v) is 18.0. The van der Waals surface area contributed by atoms with Crippen LogP contribution in [0.5, 0.6) is 0 Å². The van der Waals surface area contributed by atoms with Crippen LogP contribution >= 0.6 is 0 Å². The second-order valence-corrected chi connectivity index (χ2v) is 7.45. The number of benzene rings is 1. The molecule has 178 valence electrons. The molecule has 12 nitrogen and oxygen atoms in total. The van der Waals surface area contributed by atoms with Crippen LogP contribution in [0.3, 0.4) is 0 Å². The number of aromatic amines is 1. The summed E-state index contributed by atoms with van der Waals surface area (Å²) in [4.78, 5) is 55.5. The fourth-order valence-electron chi connectivity index (χ4n) is 2.91. The van der Waals surface area contributed by atoms with Gasteiger partial charge in [0.25, 0.3) is 0 Å². The molecule has 0 aliphatic rings. The number of nitrogens with two attached hydrogens (primary N) is 1. The molecule has 1 heterocycles. The molecule has 2 aromatic rings. The van der Waals surface area contributed by atoms with Crippen molar-refractivity contribution in [3.63, 3.8) is 0 Å². The predicted molar refractivity (Wildman–Crippen MR) is 117 cm³/mol. The Morgan fingerprint density at radius 2 is 1.64 bits per heavy atom. The number of imidazole rings is 1. The number of aliphatic hydroxyl groups excluding tert-OH is 1. The molecule has 4 unspecified atom stereocenters. The van der Waals surface area contributed by atoms with Crippen LogP contribution in [0.25, 0.3) is 0 Å². The molecular formula is C21H28N6O6. The largest absolute Gasteiger partial charge is 0.480 e. The number of aromatic nitrogens is 2. The number of rotatable bonds is 12. The van der Waals surface area contributed by atoms with Gasteiger partial charge in [-0.05, 0) is 12.5 Å². The van der Waals surface area contributed by atoms with Crippen molar-refractivity contribution >= 4 is 23.7 Å². The zero-order valence-electron chi connectivity index (χ0n) is 18.0. The fraction of sp³-hybridized carbons (Fsp3) is 0.381. The number of amides is 3. The molecule has 0 fully saturated rings. The summed E-state index contributed by atoms with van der Waals surface area (Å²) in [6, 6.07) is 4.08. The van der Waals surface area contributed by atoms with Gasteiger partial charge in [0.05, 0.1) is 19.0 Å².